The van der Waals surface area contributed by atoms with Gasteiger partial charge in [-0.15, -0.1) is 11.8 Å². The lowest BCUT2D eigenvalue weighted by Gasteiger charge is -2.29. The Kier molecular flexibility index (Phi) is 8.39. The van der Waals surface area contributed by atoms with Gasteiger partial charge in [-0.3, -0.25) is 14.9 Å². The topological polar surface area (TPSA) is 87.8 Å². The molecule has 1 amide bonds. The van der Waals surface area contributed by atoms with Crippen molar-refractivity contribution in [2.24, 2.45) is 5.10 Å². The minimum atomic E-state index is -0.428. The van der Waals surface area contributed by atoms with Crippen LogP contribution < -0.4 is 10.3 Å². The maximum atomic E-state index is 12.6. The second-order valence-corrected chi connectivity index (χ2v) is 9.67. The molecule has 9 heteroatoms. The molecule has 7 nitrogen and oxygen atoms in total. The molecule has 1 aliphatic heterocycles. The van der Waals surface area contributed by atoms with E-state index in [9.17, 15) is 14.9 Å². The molecule has 3 aromatic carbocycles. The van der Waals surface area contributed by atoms with Crippen LogP contribution >= 0.6 is 23.4 Å². The molecule has 1 fully saturated rings. The number of piperidine rings is 1. The van der Waals surface area contributed by atoms with E-state index in [4.69, 9.17) is 11.6 Å². The number of non-ortho nitro benzene ring substituents is 1. The fraction of sp³-hybridized carbons (Fsp3) is 0.231. The van der Waals surface area contributed by atoms with Gasteiger partial charge < -0.3 is 4.90 Å². The predicted octanol–water partition coefficient (Wildman–Crippen LogP) is 6.29. The Hall–Kier alpha value is -3.36. The van der Waals surface area contributed by atoms with Gasteiger partial charge in [-0.05, 0) is 67.3 Å². The molecule has 0 atom stereocenters. The number of hydrogen-bond donors (Lipinski definition) is 1. The molecule has 0 saturated carbocycles. The minimum absolute atomic E-state index is 0.00871. The first kappa shape index (κ1) is 24.8. The molecule has 1 aliphatic rings. The molecule has 4 rings (SSSR count). The second-order valence-electron chi connectivity index (χ2n) is 8.19. The van der Waals surface area contributed by atoms with Crippen molar-refractivity contribution < 1.29 is 9.72 Å². The van der Waals surface area contributed by atoms with Crippen LogP contribution in [0, 0.1) is 10.1 Å². The minimum Gasteiger partial charge on any atom is -0.371 e. The highest BCUT2D eigenvalue weighted by Crippen LogP contribution is 2.27. The van der Waals surface area contributed by atoms with Gasteiger partial charge in [0.15, 0.2) is 0 Å². The summed E-state index contributed by atoms with van der Waals surface area (Å²) in [6.07, 6.45) is 4.82. The highest BCUT2D eigenvalue weighted by molar-refractivity contribution is 7.98. The highest BCUT2D eigenvalue weighted by Gasteiger charge is 2.17. The van der Waals surface area contributed by atoms with Gasteiger partial charge in [0.25, 0.3) is 11.6 Å². The van der Waals surface area contributed by atoms with Crippen molar-refractivity contribution in [2.45, 2.75) is 29.9 Å². The van der Waals surface area contributed by atoms with E-state index in [0.29, 0.717) is 16.1 Å². The largest absolute Gasteiger partial charge is 0.371 e. The van der Waals surface area contributed by atoms with Crippen LogP contribution in [0.4, 0.5) is 11.4 Å². The van der Waals surface area contributed by atoms with E-state index in [1.165, 1.54) is 24.8 Å². The van der Waals surface area contributed by atoms with Crippen molar-refractivity contribution in [1.29, 1.82) is 0 Å². The van der Waals surface area contributed by atoms with E-state index < -0.39 is 4.92 Å². The maximum Gasteiger partial charge on any atom is 0.271 e. The number of nitro benzene ring substituents is 1. The van der Waals surface area contributed by atoms with Crippen molar-refractivity contribution in [3.63, 3.8) is 0 Å². The predicted molar refractivity (Wildman–Crippen MR) is 142 cm³/mol. The van der Waals surface area contributed by atoms with E-state index in [1.807, 2.05) is 36.4 Å². The summed E-state index contributed by atoms with van der Waals surface area (Å²) < 4.78 is 0. The van der Waals surface area contributed by atoms with Crippen molar-refractivity contribution in [1.82, 2.24) is 5.43 Å². The molecule has 1 saturated heterocycles. The van der Waals surface area contributed by atoms with Crippen molar-refractivity contribution in [3.8, 4) is 0 Å². The third-order valence-electron chi connectivity index (χ3n) is 5.72. The fourth-order valence-electron chi connectivity index (χ4n) is 3.86. The average Bonchev–Trinajstić information content (AvgIpc) is 2.89. The highest BCUT2D eigenvalue weighted by atomic mass is 35.5. The lowest BCUT2D eigenvalue weighted by atomic mass is 10.1. The van der Waals surface area contributed by atoms with Gasteiger partial charge in [0, 0.05) is 57.7 Å². The van der Waals surface area contributed by atoms with E-state index in [1.54, 1.807) is 30.0 Å². The van der Waals surface area contributed by atoms with Crippen LogP contribution in [-0.4, -0.2) is 30.1 Å². The molecule has 35 heavy (non-hydrogen) atoms. The lowest BCUT2D eigenvalue weighted by molar-refractivity contribution is -0.384. The van der Waals surface area contributed by atoms with Gasteiger partial charge in [0.05, 0.1) is 11.1 Å². The van der Waals surface area contributed by atoms with Gasteiger partial charge in [0.1, 0.15) is 0 Å². The molecule has 0 bridgehead atoms. The fourth-order valence-corrected chi connectivity index (χ4v) is 4.84. The van der Waals surface area contributed by atoms with Crippen molar-refractivity contribution in [3.05, 3.63) is 98.6 Å². The maximum absolute atomic E-state index is 12.6. The van der Waals surface area contributed by atoms with Gasteiger partial charge >= 0.3 is 0 Å². The molecule has 0 unspecified atom stereocenters. The summed E-state index contributed by atoms with van der Waals surface area (Å²) in [5, 5.41) is 16.0. The number of benzene rings is 3. The number of amides is 1. The normalized spacial score (nSPS) is 13.7. The van der Waals surface area contributed by atoms with E-state index in [2.05, 4.69) is 15.4 Å². The van der Waals surface area contributed by atoms with Crippen LogP contribution in [0.25, 0.3) is 0 Å². The Morgan fingerprint density at radius 3 is 2.46 bits per heavy atom. The Morgan fingerprint density at radius 2 is 1.77 bits per heavy atom. The summed E-state index contributed by atoms with van der Waals surface area (Å²) in [7, 11) is 0. The van der Waals surface area contributed by atoms with Crippen LogP contribution in [0.5, 0.6) is 0 Å². The zero-order valence-corrected chi connectivity index (χ0v) is 20.6. The number of anilines is 1. The molecule has 1 heterocycles. The summed E-state index contributed by atoms with van der Waals surface area (Å²) in [5.41, 5.74) is 5.59. The number of hydrazone groups is 1. The molecule has 0 aliphatic carbocycles. The van der Waals surface area contributed by atoms with Crippen LogP contribution in [0.3, 0.4) is 0 Å². The Morgan fingerprint density at radius 1 is 1.06 bits per heavy atom. The second kappa shape index (κ2) is 11.9. The zero-order chi connectivity index (χ0) is 24.6. The standard InChI is InChI=1S/C26H25ClN4O3S/c27-22-8-11-24(12-9-22)35-18-19-4-6-20(7-5-19)26(32)29-28-17-21-16-23(31(33)34)10-13-25(21)30-14-2-1-3-15-30/h4-13,16-17H,1-3,14-15,18H2,(H,29,32)/b28-17-. The SMILES string of the molecule is O=C(N/N=C\c1cc([N+](=O)[O-])ccc1N1CCCCC1)c1ccc(CSc2ccc(Cl)cc2)cc1. The first-order chi connectivity index (χ1) is 17.0. The average molecular weight is 509 g/mol. The molecule has 1 N–H and O–H groups in total. The number of thioether (sulfide) groups is 1. The van der Waals surface area contributed by atoms with Crippen molar-refractivity contribution >= 4 is 46.9 Å². The van der Waals surface area contributed by atoms with Gasteiger partial charge in [0.2, 0.25) is 0 Å². The molecular formula is C26H25ClN4O3S. The monoisotopic (exact) mass is 508 g/mol. The summed E-state index contributed by atoms with van der Waals surface area (Å²) in [6, 6.07) is 19.8. The van der Waals surface area contributed by atoms with Crippen LogP contribution in [0.1, 0.15) is 40.7 Å². The number of nitro groups is 1. The molecule has 180 valence electrons. The van der Waals surface area contributed by atoms with Crippen LogP contribution in [-0.2, 0) is 5.75 Å². The van der Waals surface area contributed by atoms with Gasteiger partial charge in [-0.1, -0.05) is 23.7 Å². The Bertz CT molecular complexity index is 1210. The Balaban J connectivity index is 1.39. The van der Waals surface area contributed by atoms with Gasteiger partial charge in [-0.2, -0.15) is 5.10 Å². The molecular weight excluding hydrogens is 484 g/mol. The van der Waals surface area contributed by atoms with Crippen LogP contribution in [0.2, 0.25) is 5.02 Å². The third-order valence-corrected chi connectivity index (χ3v) is 7.06. The number of halogens is 1. The van der Waals surface area contributed by atoms with Crippen LogP contribution in [0.15, 0.2) is 76.7 Å². The number of hydrogen-bond acceptors (Lipinski definition) is 6. The summed E-state index contributed by atoms with van der Waals surface area (Å²) in [6.45, 7) is 1.79. The molecule has 0 spiro atoms. The van der Waals surface area contributed by atoms with E-state index in [0.717, 1.165) is 47.8 Å². The van der Waals surface area contributed by atoms with E-state index >= 15 is 0 Å². The summed E-state index contributed by atoms with van der Waals surface area (Å²) >= 11 is 7.61. The number of nitrogens with one attached hydrogen (secondary N) is 1. The Labute approximate surface area is 213 Å². The number of nitrogens with zero attached hydrogens (tertiary/aromatic N) is 3. The first-order valence-corrected chi connectivity index (χ1v) is 12.7. The summed E-state index contributed by atoms with van der Waals surface area (Å²) in [5.74, 6) is 0.427. The molecule has 0 aromatic heterocycles. The first-order valence-electron chi connectivity index (χ1n) is 11.3. The smallest absolute Gasteiger partial charge is 0.271 e. The number of carbonyl (C=O) groups excluding carboxylic acids is 1. The van der Waals surface area contributed by atoms with E-state index in [-0.39, 0.29) is 11.6 Å². The third kappa shape index (κ3) is 6.83. The van der Waals surface area contributed by atoms with Gasteiger partial charge in [-0.25, -0.2) is 5.43 Å². The zero-order valence-electron chi connectivity index (χ0n) is 19.0. The lowest BCUT2D eigenvalue weighted by Crippen LogP contribution is -2.30. The molecule has 0 radical (unpaired) electrons. The van der Waals surface area contributed by atoms with Crippen molar-refractivity contribution in [2.75, 3.05) is 18.0 Å². The molecule has 3 aromatic rings. The number of carbonyl (C=O) groups is 1. The quantitative estimate of drug-likeness (QED) is 0.167. The summed E-state index contributed by atoms with van der Waals surface area (Å²) in [4.78, 5) is 26.7. The number of rotatable bonds is 8.